The Morgan fingerprint density at radius 1 is 1.12 bits per heavy atom. The Morgan fingerprint density at radius 2 is 1.85 bits per heavy atom. The summed E-state index contributed by atoms with van der Waals surface area (Å²) in [5.41, 5.74) is 9.32. The monoisotopic (exact) mass is 366 g/mol. The Labute approximate surface area is 157 Å². The molecule has 0 fully saturated rings. The van der Waals surface area contributed by atoms with Crippen LogP contribution in [0.4, 0.5) is 10.8 Å². The maximum Gasteiger partial charge on any atom is 0.255 e. The first-order chi connectivity index (χ1) is 12.4. The van der Waals surface area contributed by atoms with Gasteiger partial charge in [0.05, 0.1) is 10.2 Å². The van der Waals surface area contributed by atoms with Crippen LogP contribution in [0.15, 0.2) is 35.4 Å². The summed E-state index contributed by atoms with van der Waals surface area (Å²) >= 11 is 1.53. The van der Waals surface area contributed by atoms with Crippen LogP contribution in [0.2, 0.25) is 0 Å². The summed E-state index contributed by atoms with van der Waals surface area (Å²) in [7, 11) is 0. The highest BCUT2D eigenvalue weighted by molar-refractivity contribution is 7.22. The van der Waals surface area contributed by atoms with Gasteiger partial charge in [0.25, 0.3) is 5.91 Å². The van der Waals surface area contributed by atoms with Crippen molar-refractivity contribution in [1.29, 1.82) is 0 Å². The fourth-order valence-electron chi connectivity index (χ4n) is 2.79. The van der Waals surface area contributed by atoms with E-state index in [1.54, 1.807) is 0 Å². The van der Waals surface area contributed by atoms with Gasteiger partial charge in [-0.1, -0.05) is 29.5 Å². The smallest absolute Gasteiger partial charge is 0.255 e. The second kappa shape index (κ2) is 7.25. The molecule has 6 heteroatoms. The molecule has 0 aliphatic heterocycles. The largest absolute Gasteiger partial charge is 0.321 e. The Morgan fingerprint density at radius 3 is 2.54 bits per heavy atom. The quantitative estimate of drug-likeness (QED) is 0.487. The van der Waals surface area contributed by atoms with Crippen LogP contribution < -0.4 is 10.7 Å². The number of rotatable bonds is 4. The number of thiazole rings is 1. The predicted octanol–water partition coefficient (Wildman–Crippen LogP) is 5.28. The topological polar surface area (TPSA) is 66.4 Å². The number of nitrogens with zero attached hydrogens (tertiary/aromatic N) is 2. The number of nitrogens with one attached hydrogen (secondary N) is 2. The first-order valence-electron chi connectivity index (χ1n) is 8.41. The number of hydrazone groups is 1. The number of benzene rings is 2. The molecule has 0 unspecified atom stereocenters. The van der Waals surface area contributed by atoms with Gasteiger partial charge in [-0.3, -0.25) is 10.2 Å². The Balaban J connectivity index is 1.97. The second-order valence-corrected chi connectivity index (χ2v) is 7.50. The van der Waals surface area contributed by atoms with Crippen molar-refractivity contribution in [2.75, 3.05) is 10.7 Å². The molecule has 1 heterocycles. The Hall–Kier alpha value is -2.73. The molecule has 134 valence electrons. The number of anilines is 2. The fourth-order valence-corrected chi connectivity index (χ4v) is 3.69. The van der Waals surface area contributed by atoms with E-state index in [2.05, 4.69) is 20.8 Å². The van der Waals surface area contributed by atoms with E-state index in [9.17, 15) is 4.79 Å². The molecule has 2 aromatic carbocycles. The van der Waals surface area contributed by atoms with Crippen molar-refractivity contribution in [2.24, 2.45) is 5.10 Å². The molecule has 0 spiro atoms. The first-order valence-corrected chi connectivity index (χ1v) is 9.23. The lowest BCUT2D eigenvalue weighted by Gasteiger charge is -2.13. The normalized spacial score (nSPS) is 10.7. The van der Waals surface area contributed by atoms with Crippen LogP contribution in [-0.4, -0.2) is 16.6 Å². The summed E-state index contributed by atoms with van der Waals surface area (Å²) in [6, 6.07) is 9.59. The molecule has 0 saturated carbocycles. The predicted molar refractivity (Wildman–Crippen MR) is 111 cm³/mol. The van der Waals surface area contributed by atoms with Gasteiger partial charge < -0.3 is 5.32 Å². The van der Waals surface area contributed by atoms with Crippen molar-refractivity contribution in [1.82, 2.24) is 4.98 Å². The number of hydrogen-bond donors (Lipinski definition) is 2. The van der Waals surface area contributed by atoms with Gasteiger partial charge in [-0.25, -0.2) is 4.98 Å². The van der Waals surface area contributed by atoms with Gasteiger partial charge >= 0.3 is 0 Å². The van der Waals surface area contributed by atoms with Crippen LogP contribution >= 0.6 is 11.3 Å². The van der Waals surface area contributed by atoms with Crippen molar-refractivity contribution in [3.8, 4) is 0 Å². The third kappa shape index (κ3) is 3.60. The van der Waals surface area contributed by atoms with E-state index in [1.165, 1.54) is 11.3 Å². The molecular formula is C20H22N4OS. The minimum atomic E-state index is -0.0947. The van der Waals surface area contributed by atoms with Gasteiger partial charge in [-0.2, -0.15) is 5.10 Å². The van der Waals surface area contributed by atoms with Gasteiger partial charge in [0.15, 0.2) is 0 Å². The molecule has 0 aliphatic carbocycles. The highest BCUT2D eigenvalue weighted by Crippen LogP contribution is 2.35. The number of amides is 1. The molecule has 0 aliphatic rings. The lowest BCUT2D eigenvalue weighted by molar-refractivity contribution is 0.102. The third-order valence-corrected chi connectivity index (χ3v) is 5.22. The molecule has 3 aromatic rings. The number of carbonyl (C=O) groups is 1. The van der Waals surface area contributed by atoms with Gasteiger partial charge in [-0.15, -0.1) is 0 Å². The Bertz CT molecular complexity index is 1020. The zero-order chi connectivity index (χ0) is 18.8. The van der Waals surface area contributed by atoms with Crippen molar-refractivity contribution in [2.45, 2.75) is 34.6 Å². The minimum Gasteiger partial charge on any atom is -0.321 e. The molecule has 26 heavy (non-hydrogen) atoms. The molecule has 2 N–H and O–H groups in total. The molecule has 1 aromatic heterocycles. The zero-order valence-electron chi connectivity index (χ0n) is 15.6. The zero-order valence-corrected chi connectivity index (χ0v) is 16.4. The number of fused-ring (bicyclic) bond motifs is 1. The number of aromatic nitrogens is 1. The molecule has 5 nitrogen and oxygen atoms in total. The highest BCUT2D eigenvalue weighted by Gasteiger charge is 2.16. The highest BCUT2D eigenvalue weighted by atomic mass is 32.1. The summed E-state index contributed by atoms with van der Waals surface area (Å²) < 4.78 is 1.04. The fraction of sp³-hybridized carbons (Fsp3) is 0.250. The molecular weight excluding hydrogens is 344 g/mol. The average Bonchev–Trinajstić information content (AvgIpc) is 3.00. The first kappa shape index (κ1) is 18.1. The van der Waals surface area contributed by atoms with Crippen LogP contribution in [0, 0.1) is 20.8 Å². The molecule has 0 atom stereocenters. The third-order valence-electron chi connectivity index (χ3n) is 4.12. The Kier molecular flexibility index (Phi) is 5.04. The van der Waals surface area contributed by atoms with Crippen LogP contribution in [-0.2, 0) is 0 Å². The molecule has 1 amide bonds. The summed E-state index contributed by atoms with van der Waals surface area (Å²) in [6.07, 6.45) is 0. The summed E-state index contributed by atoms with van der Waals surface area (Å²) in [5, 5.41) is 8.03. The van der Waals surface area contributed by atoms with E-state index in [4.69, 9.17) is 0 Å². The van der Waals surface area contributed by atoms with E-state index < -0.39 is 0 Å². The minimum absolute atomic E-state index is 0.0947. The standard InChI is InChI=1S/C20H22N4OS/c1-11(2)23-24-20-21-16-10-13(4)17(14(5)18(16)26-20)22-19(25)15-9-7-6-8-12(15)3/h6-10H,1-5H3,(H,21,24)(H,22,25). The lowest BCUT2D eigenvalue weighted by Crippen LogP contribution is -2.15. The van der Waals surface area contributed by atoms with E-state index in [0.717, 1.165) is 43.4 Å². The van der Waals surface area contributed by atoms with Crippen molar-refractivity contribution >= 4 is 44.0 Å². The molecule has 0 radical (unpaired) electrons. The van der Waals surface area contributed by atoms with Gasteiger partial charge in [0, 0.05) is 17.0 Å². The molecule has 0 bridgehead atoms. The van der Waals surface area contributed by atoms with Gasteiger partial charge in [0.1, 0.15) is 0 Å². The molecule has 0 saturated heterocycles. The van der Waals surface area contributed by atoms with Gasteiger partial charge in [-0.05, 0) is 63.4 Å². The van der Waals surface area contributed by atoms with Crippen LogP contribution in [0.25, 0.3) is 10.2 Å². The number of carbonyl (C=O) groups excluding carboxylic acids is 1. The second-order valence-electron chi connectivity index (χ2n) is 6.50. The maximum absolute atomic E-state index is 12.7. The summed E-state index contributed by atoms with van der Waals surface area (Å²) in [5.74, 6) is -0.0947. The van der Waals surface area contributed by atoms with E-state index in [0.29, 0.717) is 5.56 Å². The van der Waals surface area contributed by atoms with E-state index >= 15 is 0 Å². The van der Waals surface area contributed by atoms with Crippen molar-refractivity contribution in [3.05, 3.63) is 52.6 Å². The van der Waals surface area contributed by atoms with Crippen LogP contribution in [0.1, 0.15) is 40.9 Å². The summed E-state index contributed by atoms with van der Waals surface area (Å²) in [6.45, 7) is 9.79. The summed E-state index contributed by atoms with van der Waals surface area (Å²) in [4.78, 5) is 17.3. The van der Waals surface area contributed by atoms with E-state index in [-0.39, 0.29) is 5.91 Å². The van der Waals surface area contributed by atoms with E-state index in [1.807, 2.05) is 65.0 Å². The van der Waals surface area contributed by atoms with Crippen molar-refractivity contribution in [3.63, 3.8) is 0 Å². The number of hydrogen-bond acceptors (Lipinski definition) is 5. The van der Waals surface area contributed by atoms with Crippen molar-refractivity contribution < 1.29 is 4.79 Å². The van der Waals surface area contributed by atoms with Crippen LogP contribution in [0.5, 0.6) is 0 Å². The van der Waals surface area contributed by atoms with Gasteiger partial charge in [0.2, 0.25) is 5.13 Å². The average molecular weight is 366 g/mol. The SMILES string of the molecule is CC(C)=NNc1nc2cc(C)c(NC(=O)c3ccccc3C)c(C)c2s1. The van der Waals surface area contributed by atoms with Crippen LogP contribution in [0.3, 0.4) is 0 Å². The molecule has 3 rings (SSSR count). The number of aryl methyl sites for hydroxylation is 3. The lowest BCUT2D eigenvalue weighted by atomic mass is 10.1. The maximum atomic E-state index is 12.7.